The zero-order valence-corrected chi connectivity index (χ0v) is 11.3. The lowest BCUT2D eigenvalue weighted by molar-refractivity contribution is -0.130. The first-order chi connectivity index (χ1) is 8.20. The second-order valence-corrected chi connectivity index (χ2v) is 5.00. The summed E-state index contributed by atoms with van der Waals surface area (Å²) in [5.41, 5.74) is 1.09. The molecule has 0 spiro atoms. The molecular formula is C13H15BrO3. The first-order valence-electron chi connectivity index (χ1n) is 5.63. The van der Waals surface area contributed by atoms with E-state index in [0.29, 0.717) is 31.8 Å². The fourth-order valence-electron chi connectivity index (χ4n) is 1.97. The number of rotatable bonds is 3. The van der Waals surface area contributed by atoms with Gasteiger partial charge in [-0.3, -0.25) is 4.79 Å². The Balaban J connectivity index is 2.14. The highest BCUT2D eigenvalue weighted by atomic mass is 79.9. The number of hydrogen-bond acceptors (Lipinski definition) is 3. The summed E-state index contributed by atoms with van der Waals surface area (Å²) >= 11 is 3.50. The van der Waals surface area contributed by atoms with E-state index in [-0.39, 0.29) is 5.92 Å². The Labute approximate surface area is 109 Å². The van der Waals surface area contributed by atoms with Crippen LogP contribution in [0.3, 0.4) is 0 Å². The van der Waals surface area contributed by atoms with Gasteiger partial charge in [0.15, 0.2) is 0 Å². The van der Waals surface area contributed by atoms with E-state index in [0.717, 1.165) is 15.8 Å². The summed E-state index contributed by atoms with van der Waals surface area (Å²) in [4.78, 5) is 11.7. The molecule has 4 heteroatoms. The lowest BCUT2D eigenvalue weighted by atomic mass is 9.93. The maximum atomic E-state index is 11.7. The summed E-state index contributed by atoms with van der Waals surface area (Å²) in [6.07, 6.45) is 1.24. The van der Waals surface area contributed by atoms with E-state index in [1.165, 1.54) is 0 Å². The van der Waals surface area contributed by atoms with E-state index < -0.39 is 0 Å². The average molecular weight is 299 g/mol. The zero-order valence-electron chi connectivity index (χ0n) is 9.74. The lowest BCUT2D eigenvalue weighted by Crippen LogP contribution is -2.29. The van der Waals surface area contributed by atoms with E-state index in [4.69, 9.17) is 9.47 Å². The van der Waals surface area contributed by atoms with Gasteiger partial charge in [0, 0.05) is 16.8 Å². The summed E-state index contributed by atoms with van der Waals surface area (Å²) in [5.74, 6) is 1.09. The Morgan fingerprint density at radius 2 is 2.35 bits per heavy atom. The van der Waals surface area contributed by atoms with Crippen molar-refractivity contribution in [3.05, 3.63) is 28.2 Å². The minimum Gasteiger partial charge on any atom is -0.497 e. The van der Waals surface area contributed by atoms with Gasteiger partial charge in [-0.1, -0.05) is 15.9 Å². The average Bonchev–Trinajstić information content (AvgIpc) is 2.35. The molecule has 0 radical (unpaired) electrons. The number of carbonyl (C=O) groups is 1. The van der Waals surface area contributed by atoms with Crippen molar-refractivity contribution >= 4 is 21.7 Å². The molecule has 17 heavy (non-hydrogen) atoms. The highest BCUT2D eigenvalue weighted by Gasteiger charge is 2.23. The minimum atomic E-state index is -0.0212. The first kappa shape index (κ1) is 12.6. The third-order valence-electron chi connectivity index (χ3n) is 2.99. The van der Waals surface area contributed by atoms with Crippen LogP contribution in [0.2, 0.25) is 0 Å². The van der Waals surface area contributed by atoms with Crippen LogP contribution in [0, 0.1) is 5.92 Å². The van der Waals surface area contributed by atoms with E-state index in [1.807, 2.05) is 18.2 Å². The van der Waals surface area contributed by atoms with Gasteiger partial charge in [0.2, 0.25) is 0 Å². The number of Topliss-reactive ketones (excluding diaryl/α,β-unsaturated/α-hetero) is 1. The van der Waals surface area contributed by atoms with Crippen LogP contribution < -0.4 is 4.74 Å². The van der Waals surface area contributed by atoms with Crippen LogP contribution in [-0.2, 0) is 16.0 Å². The molecule has 1 aromatic carbocycles. The Hall–Kier alpha value is -0.870. The fraction of sp³-hybridized carbons (Fsp3) is 0.462. The summed E-state index contributed by atoms with van der Waals surface area (Å²) in [6.45, 7) is 1.09. The number of halogens is 1. The predicted octanol–water partition coefficient (Wildman–Crippen LogP) is 2.61. The van der Waals surface area contributed by atoms with Crippen LogP contribution in [0.15, 0.2) is 22.7 Å². The standard InChI is InChI=1S/C13H15BrO3/c1-16-11-2-3-12(14)9(7-11)6-10-8-17-5-4-13(10)15/h2-3,7,10H,4-6,8H2,1H3. The molecule has 0 aliphatic carbocycles. The Bertz CT molecular complexity index is 417. The second kappa shape index (κ2) is 5.65. The Morgan fingerprint density at radius 3 is 3.06 bits per heavy atom. The number of methoxy groups -OCH3 is 1. The maximum absolute atomic E-state index is 11.7. The summed E-state index contributed by atoms with van der Waals surface area (Å²) in [5, 5.41) is 0. The molecule has 3 nitrogen and oxygen atoms in total. The normalized spacial score (nSPS) is 20.4. The van der Waals surface area contributed by atoms with E-state index in [1.54, 1.807) is 7.11 Å². The van der Waals surface area contributed by atoms with Gasteiger partial charge in [-0.2, -0.15) is 0 Å². The first-order valence-corrected chi connectivity index (χ1v) is 6.43. The molecule has 1 aliphatic rings. The Kier molecular flexibility index (Phi) is 4.18. The molecule has 0 aromatic heterocycles. The molecular weight excluding hydrogens is 284 g/mol. The van der Waals surface area contributed by atoms with Crippen molar-refractivity contribution in [2.45, 2.75) is 12.8 Å². The van der Waals surface area contributed by atoms with Gasteiger partial charge < -0.3 is 9.47 Å². The quantitative estimate of drug-likeness (QED) is 0.860. The molecule has 0 amide bonds. The monoisotopic (exact) mass is 298 g/mol. The molecule has 2 rings (SSSR count). The van der Waals surface area contributed by atoms with Crippen LogP contribution in [-0.4, -0.2) is 26.1 Å². The molecule has 0 N–H and O–H groups in total. The van der Waals surface area contributed by atoms with E-state index in [2.05, 4.69) is 15.9 Å². The van der Waals surface area contributed by atoms with Crippen molar-refractivity contribution in [1.29, 1.82) is 0 Å². The predicted molar refractivity (Wildman–Crippen MR) is 68.3 cm³/mol. The number of hydrogen-bond donors (Lipinski definition) is 0. The number of ketones is 1. The van der Waals surface area contributed by atoms with Gasteiger partial charge in [-0.15, -0.1) is 0 Å². The van der Waals surface area contributed by atoms with Crippen LogP contribution >= 0.6 is 15.9 Å². The summed E-state index contributed by atoms with van der Waals surface area (Å²) in [7, 11) is 1.64. The van der Waals surface area contributed by atoms with Gasteiger partial charge in [0.1, 0.15) is 11.5 Å². The van der Waals surface area contributed by atoms with Crippen LogP contribution in [0.5, 0.6) is 5.75 Å². The van der Waals surface area contributed by atoms with Crippen LogP contribution in [0.4, 0.5) is 0 Å². The third kappa shape index (κ3) is 3.07. The molecule has 0 saturated carbocycles. The van der Waals surface area contributed by atoms with E-state index >= 15 is 0 Å². The maximum Gasteiger partial charge on any atom is 0.140 e. The topological polar surface area (TPSA) is 35.5 Å². The fourth-order valence-corrected chi connectivity index (χ4v) is 2.38. The van der Waals surface area contributed by atoms with Crippen LogP contribution in [0.1, 0.15) is 12.0 Å². The molecule has 1 fully saturated rings. The lowest BCUT2D eigenvalue weighted by Gasteiger charge is -2.21. The van der Waals surface area contributed by atoms with Gasteiger partial charge >= 0.3 is 0 Å². The molecule has 0 bridgehead atoms. The highest BCUT2D eigenvalue weighted by Crippen LogP contribution is 2.26. The highest BCUT2D eigenvalue weighted by molar-refractivity contribution is 9.10. The molecule has 92 valence electrons. The zero-order chi connectivity index (χ0) is 12.3. The molecule has 1 aromatic rings. The van der Waals surface area contributed by atoms with Crippen LogP contribution in [0.25, 0.3) is 0 Å². The second-order valence-electron chi connectivity index (χ2n) is 4.15. The van der Waals surface area contributed by atoms with Crippen molar-refractivity contribution in [3.63, 3.8) is 0 Å². The third-order valence-corrected chi connectivity index (χ3v) is 3.76. The number of ether oxygens (including phenoxy) is 2. The molecule has 1 atom stereocenters. The Morgan fingerprint density at radius 1 is 1.53 bits per heavy atom. The van der Waals surface area contributed by atoms with Gasteiger partial charge in [0.05, 0.1) is 20.3 Å². The van der Waals surface area contributed by atoms with Gasteiger partial charge in [-0.05, 0) is 30.2 Å². The summed E-state index contributed by atoms with van der Waals surface area (Å²) < 4.78 is 11.6. The molecule has 1 aliphatic heterocycles. The number of benzene rings is 1. The molecule has 1 saturated heterocycles. The SMILES string of the molecule is COc1ccc(Br)c(CC2COCCC2=O)c1. The van der Waals surface area contributed by atoms with Crippen molar-refractivity contribution in [3.8, 4) is 5.75 Å². The summed E-state index contributed by atoms with van der Waals surface area (Å²) in [6, 6.07) is 5.81. The molecule has 1 heterocycles. The van der Waals surface area contributed by atoms with Gasteiger partial charge in [-0.25, -0.2) is 0 Å². The van der Waals surface area contributed by atoms with Crippen molar-refractivity contribution in [2.75, 3.05) is 20.3 Å². The number of carbonyl (C=O) groups excluding carboxylic acids is 1. The largest absolute Gasteiger partial charge is 0.497 e. The van der Waals surface area contributed by atoms with Crippen molar-refractivity contribution in [1.82, 2.24) is 0 Å². The van der Waals surface area contributed by atoms with Crippen molar-refractivity contribution in [2.24, 2.45) is 5.92 Å². The molecule has 1 unspecified atom stereocenters. The van der Waals surface area contributed by atoms with E-state index in [9.17, 15) is 4.79 Å². The smallest absolute Gasteiger partial charge is 0.140 e. The minimum absolute atomic E-state index is 0.0212. The van der Waals surface area contributed by atoms with Gasteiger partial charge in [0.25, 0.3) is 0 Å². The van der Waals surface area contributed by atoms with Crippen molar-refractivity contribution < 1.29 is 14.3 Å².